The highest BCUT2D eigenvalue weighted by Crippen LogP contribution is 2.04. The van der Waals surface area contributed by atoms with Gasteiger partial charge in [-0.15, -0.1) is 0 Å². The summed E-state index contributed by atoms with van der Waals surface area (Å²) in [5.74, 6) is 1.03. The molecular weight excluding hydrogens is 204 g/mol. The van der Waals surface area contributed by atoms with E-state index in [4.69, 9.17) is 9.15 Å². The largest absolute Gasteiger partial charge is 0.468 e. The zero-order valence-electron chi connectivity index (χ0n) is 10.2. The van der Waals surface area contributed by atoms with E-state index in [1.165, 1.54) is 0 Å². The molecule has 4 nitrogen and oxygen atoms in total. The molecule has 0 amide bonds. The topological polar surface area (TPSA) is 37.6 Å². The van der Waals surface area contributed by atoms with Crippen LogP contribution in [0.3, 0.4) is 0 Å². The second-order valence-electron chi connectivity index (χ2n) is 3.69. The molecule has 0 aliphatic heterocycles. The van der Waals surface area contributed by atoms with Crippen molar-refractivity contribution < 1.29 is 9.15 Å². The maximum absolute atomic E-state index is 5.33. The summed E-state index contributed by atoms with van der Waals surface area (Å²) >= 11 is 0. The Morgan fingerprint density at radius 1 is 1.44 bits per heavy atom. The number of furan rings is 1. The number of methoxy groups -OCH3 is 1. The van der Waals surface area contributed by atoms with E-state index in [2.05, 4.69) is 17.1 Å². The molecule has 1 N–H and O–H groups in total. The van der Waals surface area contributed by atoms with E-state index in [1.54, 1.807) is 13.4 Å². The highest BCUT2D eigenvalue weighted by molar-refractivity contribution is 4.97. The van der Waals surface area contributed by atoms with Crippen molar-refractivity contribution in [1.29, 1.82) is 0 Å². The van der Waals surface area contributed by atoms with E-state index >= 15 is 0 Å². The molecule has 0 bridgehead atoms. The molecule has 0 radical (unpaired) electrons. The van der Waals surface area contributed by atoms with Gasteiger partial charge < -0.3 is 14.5 Å². The van der Waals surface area contributed by atoms with E-state index in [0.29, 0.717) is 0 Å². The lowest BCUT2D eigenvalue weighted by molar-refractivity contribution is 0.195. The fraction of sp³-hybridized carbons (Fsp3) is 0.667. The van der Waals surface area contributed by atoms with E-state index in [1.807, 2.05) is 12.1 Å². The van der Waals surface area contributed by atoms with E-state index in [-0.39, 0.29) is 0 Å². The third-order valence-corrected chi connectivity index (χ3v) is 2.49. The van der Waals surface area contributed by atoms with Crippen molar-refractivity contribution in [2.45, 2.75) is 13.5 Å². The number of hydrogen-bond donors (Lipinski definition) is 1. The highest BCUT2D eigenvalue weighted by atomic mass is 16.5. The SMILES string of the molecule is CCN(CCNCCOC)Cc1ccco1. The Labute approximate surface area is 97.6 Å². The standard InChI is InChI=1S/C12H22N2O2/c1-3-14(8-6-13-7-10-15-2)11-12-5-4-9-16-12/h4-5,9,13H,3,6-8,10-11H2,1-2H3. The van der Waals surface area contributed by atoms with E-state index in [9.17, 15) is 0 Å². The van der Waals surface area contributed by atoms with Crippen LogP contribution in [0.5, 0.6) is 0 Å². The average Bonchev–Trinajstić information content (AvgIpc) is 2.80. The van der Waals surface area contributed by atoms with Crippen LogP contribution in [0.2, 0.25) is 0 Å². The van der Waals surface area contributed by atoms with Crippen LogP contribution in [-0.2, 0) is 11.3 Å². The van der Waals surface area contributed by atoms with Gasteiger partial charge in [-0.2, -0.15) is 0 Å². The molecule has 1 aromatic rings. The smallest absolute Gasteiger partial charge is 0.117 e. The molecule has 1 heterocycles. The number of rotatable bonds is 9. The Bertz CT molecular complexity index is 250. The fourth-order valence-corrected chi connectivity index (χ4v) is 1.51. The average molecular weight is 226 g/mol. The van der Waals surface area contributed by atoms with Crippen molar-refractivity contribution in [3.05, 3.63) is 24.2 Å². The first kappa shape index (κ1) is 13.2. The third-order valence-electron chi connectivity index (χ3n) is 2.49. The van der Waals surface area contributed by atoms with Gasteiger partial charge in [-0.05, 0) is 18.7 Å². The Balaban J connectivity index is 2.12. The molecule has 0 unspecified atom stereocenters. The number of nitrogens with zero attached hydrogens (tertiary/aromatic N) is 1. The molecule has 92 valence electrons. The van der Waals surface area contributed by atoms with Crippen LogP contribution in [0.4, 0.5) is 0 Å². The molecule has 0 fully saturated rings. The van der Waals surface area contributed by atoms with Crippen LogP contribution in [0, 0.1) is 0 Å². The lowest BCUT2D eigenvalue weighted by atomic mass is 10.4. The second-order valence-corrected chi connectivity index (χ2v) is 3.69. The molecule has 0 aromatic carbocycles. The monoisotopic (exact) mass is 226 g/mol. The molecule has 0 aliphatic rings. The molecule has 16 heavy (non-hydrogen) atoms. The van der Waals surface area contributed by atoms with Crippen LogP contribution in [0.25, 0.3) is 0 Å². The molecule has 1 aromatic heterocycles. The molecule has 0 saturated heterocycles. The maximum Gasteiger partial charge on any atom is 0.117 e. The number of hydrogen-bond acceptors (Lipinski definition) is 4. The predicted molar refractivity (Wildman–Crippen MR) is 64.4 cm³/mol. The van der Waals surface area contributed by atoms with Crippen LogP contribution in [0.15, 0.2) is 22.8 Å². The summed E-state index contributed by atoms with van der Waals surface area (Å²) in [5.41, 5.74) is 0. The normalized spacial score (nSPS) is 11.2. The zero-order chi connectivity index (χ0) is 11.6. The van der Waals surface area contributed by atoms with Crippen molar-refractivity contribution in [1.82, 2.24) is 10.2 Å². The van der Waals surface area contributed by atoms with Gasteiger partial charge in [-0.1, -0.05) is 6.92 Å². The minimum absolute atomic E-state index is 0.768. The summed E-state index contributed by atoms with van der Waals surface area (Å²) in [6, 6.07) is 3.95. The summed E-state index contributed by atoms with van der Waals surface area (Å²) < 4.78 is 10.3. The highest BCUT2D eigenvalue weighted by Gasteiger charge is 2.04. The first-order valence-corrected chi connectivity index (χ1v) is 5.81. The molecule has 0 saturated carbocycles. The Kier molecular flexibility index (Phi) is 6.88. The summed E-state index contributed by atoms with van der Waals surface area (Å²) in [4.78, 5) is 2.35. The van der Waals surface area contributed by atoms with Gasteiger partial charge in [0.05, 0.1) is 19.4 Å². The zero-order valence-corrected chi connectivity index (χ0v) is 10.2. The lowest BCUT2D eigenvalue weighted by Crippen LogP contribution is -2.32. The Morgan fingerprint density at radius 3 is 2.94 bits per heavy atom. The quantitative estimate of drug-likeness (QED) is 0.645. The summed E-state index contributed by atoms with van der Waals surface area (Å²) in [7, 11) is 1.72. The van der Waals surface area contributed by atoms with Crippen LogP contribution in [-0.4, -0.2) is 44.8 Å². The lowest BCUT2D eigenvalue weighted by Gasteiger charge is -2.19. The van der Waals surface area contributed by atoms with Crippen LogP contribution in [0.1, 0.15) is 12.7 Å². The predicted octanol–water partition coefficient (Wildman–Crippen LogP) is 1.34. The first-order chi connectivity index (χ1) is 7.86. The summed E-state index contributed by atoms with van der Waals surface area (Å²) in [5, 5.41) is 3.33. The first-order valence-electron chi connectivity index (χ1n) is 5.81. The molecular formula is C12H22N2O2. The minimum Gasteiger partial charge on any atom is -0.468 e. The van der Waals surface area contributed by atoms with Gasteiger partial charge in [0, 0.05) is 26.7 Å². The molecule has 4 heteroatoms. The molecule has 0 spiro atoms. The van der Waals surface area contributed by atoms with E-state index in [0.717, 1.165) is 45.1 Å². The summed E-state index contributed by atoms with van der Waals surface area (Å²) in [6.07, 6.45) is 1.72. The minimum atomic E-state index is 0.768. The van der Waals surface area contributed by atoms with Gasteiger partial charge >= 0.3 is 0 Å². The van der Waals surface area contributed by atoms with E-state index < -0.39 is 0 Å². The third kappa shape index (κ3) is 5.30. The summed E-state index contributed by atoms with van der Waals surface area (Å²) in [6.45, 7) is 7.78. The second kappa shape index (κ2) is 8.33. The van der Waals surface area contributed by atoms with Crippen molar-refractivity contribution in [3.63, 3.8) is 0 Å². The maximum atomic E-state index is 5.33. The fourth-order valence-electron chi connectivity index (χ4n) is 1.51. The Morgan fingerprint density at radius 2 is 2.31 bits per heavy atom. The van der Waals surface area contributed by atoms with Crippen molar-refractivity contribution >= 4 is 0 Å². The molecule has 0 aliphatic carbocycles. The van der Waals surface area contributed by atoms with Crippen LogP contribution < -0.4 is 5.32 Å². The van der Waals surface area contributed by atoms with Gasteiger partial charge in [0.15, 0.2) is 0 Å². The van der Waals surface area contributed by atoms with Gasteiger partial charge in [0.25, 0.3) is 0 Å². The van der Waals surface area contributed by atoms with Gasteiger partial charge in [0.2, 0.25) is 0 Å². The van der Waals surface area contributed by atoms with Gasteiger partial charge in [-0.25, -0.2) is 0 Å². The van der Waals surface area contributed by atoms with Crippen molar-refractivity contribution in [2.75, 3.05) is 39.9 Å². The number of likely N-dealkylation sites (N-methyl/N-ethyl adjacent to an activating group) is 1. The molecule has 0 atom stereocenters. The van der Waals surface area contributed by atoms with Crippen LogP contribution >= 0.6 is 0 Å². The number of ether oxygens (including phenoxy) is 1. The number of nitrogens with one attached hydrogen (secondary N) is 1. The van der Waals surface area contributed by atoms with Crippen molar-refractivity contribution in [3.8, 4) is 0 Å². The van der Waals surface area contributed by atoms with Gasteiger partial charge in [0.1, 0.15) is 5.76 Å². The Hall–Kier alpha value is -0.840. The van der Waals surface area contributed by atoms with Crippen molar-refractivity contribution in [2.24, 2.45) is 0 Å². The molecule has 1 rings (SSSR count). The van der Waals surface area contributed by atoms with Gasteiger partial charge in [-0.3, -0.25) is 4.90 Å².